The fourth-order valence-corrected chi connectivity index (χ4v) is 2.65. The minimum atomic E-state index is -0.866. The van der Waals surface area contributed by atoms with Gasteiger partial charge in [0.05, 0.1) is 11.7 Å². The minimum absolute atomic E-state index is 0.129. The van der Waals surface area contributed by atoms with Crippen molar-refractivity contribution >= 4 is 23.6 Å². The maximum absolute atomic E-state index is 11.7. The first-order valence-corrected chi connectivity index (χ1v) is 7.62. The van der Waals surface area contributed by atoms with Gasteiger partial charge in [0.2, 0.25) is 5.91 Å². The van der Waals surface area contributed by atoms with Gasteiger partial charge in [-0.05, 0) is 31.9 Å². The number of aryl methyl sites for hydroxylation is 2. The number of benzene rings is 1. The summed E-state index contributed by atoms with van der Waals surface area (Å²) in [5.74, 6) is -1.20. The van der Waals surface area contributed by atoms with Crippen LogP contribution in [-0.2, 0) is 9.59 Å². The second-order valence-electron chi connectivity index (χ2n) is 4.81. The van der Waals surface area contributed by atoms with Crippen LogP contribution in [-0.4, -0.2) is 29.3 Å². The molecule has 0 saturated heterocycles. The van der Waals surface area contributed by atoms with E-state index in [2.05, 4.69) is 11.4 Å². The summed E-state index contributed by atoms with van der Waals surface area (Å²) in [6, 6.07) is 6.13. The highest BCUT2D eigenvalue weighted by atomic mass is 32.2. The predicted molar refractivity (Wildman–Crippen MR) is 81.1 cm³/mol. The van der Waals surface area contributed by atoms with Gasteiger partial charge in [0.15, 0.2) is 0 Å². The molecule has 0 heterocycles. The Morgan fingerprint density at radius 2 is 2.05 bits per heavy atom. The third-order valence-electron chi connectivity index (χ3n) is 3.09. The van der Waals surface area contributed by atoms with Crippen LogP contribution in [0.5, 0.6) is 0 Å². The Kier molecular flexibility index (Phi) is 6.58. The Hall–Kier alpha value is -1.49. The van der Waals surface area contributed by atoms with E-state index < -0.39 is 11.9 Å². The SMILES string of the molecule is CCC(CNC(=O)CSc1cc(C)ccc1C)C(=O)O. The van der Waals surface area contributed by atoms with Gasteiger partial charge in [-0.2, -0.15) is 0 Å². The van der Waals surface area contributed by atoms with Crippen LogP contribution in [0.2, 0.25) is 0 Å². The highest BCUT2D eigenvalue weighted by Gasteiger charge is 2.15. The van der Waals surface area contributed by atoms with Crippen molar-refractivity contribution in [1.29, 1.82) is 0 Å². The number of hydrogen-bond donors (Lipinski definition) is 2. The van der Waals surface area contributed by atoms with E-state index in [0.717, 1.165) is 16.0 Å². The molecule has 0 aromatic heterocycles. The lowest BCUT2D eigenvalue weighted by Crippen LogP contribution is -2.33. The highest BCUT2D eigenvalue weighted by molar-refractivity contribution is 8.00. The monoisotopic (exact) mass is 295 g/mol. The van der Waals surface area contributed by atoms with Crippen molar-refractivity contribution in [2.24, 2.45) is 5.92 Å². The molecule has 1 atom stereocenters. The zero-order valence-corrected chi connectivity index (χ0v) is 12.9. The zero-order valence-electron chi connectivity index (χ0n) is 12.1. The van der Waals surface area contributed by atoms with E-state index in [4.69, 9.17) is 5.11 Å². The molecule has 1 rings (SSSR count). The van der Waals surface area contributed by atoms with Crippen molar-refractivity contribution in [2.45, 2.75) is 32.1 Å². The topological polar surface area (TPSA) is 66.4 Å². The first-order chi connectivity index (χ1) is 9.43. The number of carboxylic acid groups (broad SMARTS) is 1. The average molecular weight is 295 g/mol. The second kappa shape index (κ2) is 7.94. The fourth-order valence-electron chi connectivity index (χ4n) is 1.70. The van der Waals surface area contributed by atoms with Gasteiger partial charge < -0.3 is 10.4 Å². The molecule has 0 aliphatic rings. The highest BCUT2D eigenvalue weighted by Crippen LogP contribution is 2.23. The molecular formula is C15H21NO3S. The molecule has 1 unspecified atom stereocenters. The van der Waals surface area contributed by atoms with E-state index >= 15 is 0 Å². The molecule has 20 heavy (non-hydrogen) atoms. The molecule has 0 bridgehead atoms. The van der Waals surface area contributed by atoms with Gasteiger partial charge >= 0.3 is 5.97 Å². The standard InChI is InChI=1S/C15H21NO3S/c1-4-12(15(18)19)8-16-14(17)9-20-13-7-10(2)5-6-11(13)3/h5-7,12H,4,8-9H2,1-3H3,(H,16,17)(H,18,19). The first kappa shape index (κ1) is 16.6. The van der Waals surface area contributed by atoms with E-state index in [1.807, 2.05) is 26.0 Å². The molecule has 0 aliphatic heterocycles. The van der Waals surface area contributed by atoms with Crippen LogP contribution in [0.15, 0.2) is 23.1 Å². The summed E-state index contributed by atoms with van der Waals surface area (Å²) in [5.41, 5.74) is 2.31. The van der Waals surface area contributed by atoms with Gasteiger partial charge in [-0.1, -0.05) is 24.6 Å². The minimum Gasteiger partial charge on any atom is -0.481 e. The molecule has 1 aromatic carbocycles. The Bertz CT molecular complexity index is 488. The van der Waals surface area contributed by atoms with Crippen LogP contribution in [0, 0.1) is 19.8 Å². The maximum Gasteiger partial charge on any atom is 0.308 e. The van der Waals surface area contributed by atoms with Gasteiger partial charge in [0.25, 0.3) is 0 Å². The summed E-state index contributed by atoms with van der Waals surface area (Å²) >= 11 is 1.48. The van der Waals surface area contributed by atoms with Crippen molar-refractivity contribution in [1.82, 2.24) is 5.32 Å². The quantitative estimate of drug-likeness (QED) is 0.759. The summed E-state index contributed by atoms with van der Waals surface area (Å²) in [5, 5.41) is 11.6. The smallest absolute Gasteiger partial charge is 0.308 e. The molecule has 2 N–H and O–H groups in total. The fraction of sp³-hybridized carbons (Fsp3) is 0.467. The number of carbonyl (C=O) groups excluding carboxylic acids is 1. The molecule has 0 aliphatic carbocycles. The third kappa shape index (κ3) is 5.25. The number of nitrogens with one attached hydrogen (secondary N) is 1. The van der Waals surface area contributed by atoms with Gasteiger partial charge in [0.1, 0.15) is 0 Å². The van der Waals surface area contributed by atoms with Crippen LogP contribution in [0.25, 0.3) is 0 Å². The maximum atomic E-state index is 11.7. The van der Waals surface area contributed by atoms with Crippen LogP contribution >= 0.6 is 11.8 Å². The molecule has 0 saturated carbocycles. The first-order valence-electron chi connectivity index (χ1n) is 6.63. The molecular weight excluding hydrogens is 274 g/mol. The number of carboxylic acids is 1. The van der Waals surface area contributed by atoms with Crippen LogP contribution < -0.4 is 5.32 Å². The lowest BCUT2D eigenvalue weighted by Gasteiger charge is -2.11. The molecule has 0 spiro atoms. The molecule has 1 amide bonds. The van der Waals surface area contributed by atoms with Gasteiger partial charge in [-0.3, -0.25) is 9.59 Å². The summed E-state index contributed by atoms with van der Waals surface area (Å²) < 4.78 is 0. The molecule has 0 fully saturated rings. The molecule has 4 nitrogen and oxygen atoms in total. The van der Waals surface area contributed by atoms with Crippen molar-refractivity contribution in [3.63, 3.8) is 0 Å². The van der Waals surface area contributed by atoms with Gasteiger partial charge in [-0.25, -0.2) is 0 Å². The molecule has 1 aromatic rings. The van der Waals surface area contributed by atoms with Gasteiger partial charge in [0, 0.05) is 11.4 Å². The van der Waals surface area contributed by atoms with Crippen LogP contribution in [0.3, 0.4) is 0 Å². The summed E-state index contributed by atoms with van der Waals surface area (Å²) in [7, 11) is 0. The largest absolute Gasteiger partial charge is 0.481 e. The lowest BCUT2D eigenvalue weighted by molar-refractivity contribution is -0.141. The molecule has 110 valence electrons. The average Bonchev–Trinajstić information content (AvgIpc) is 2.40. The molecule has 5 heteroatoms. The third-order valence-corrected chi connectivity index (χ3v) is 4.25. The number of carbonyl (C=O) groups is 2. The summed E-state index contributed by atoms with van der Waals surface area (Å²) in [6.45, 7) is 6.02. The lowest BCUT2D eigenvalue weighted by atomic mass is 10.1. The predicted octanol–water partition coefficient (Wildman–Crippen LogP) is 2.62. The second-order valence-corrected chi connectivity index (χ2v) is 5.82. The number of rotatable bonds is 7. The van der Waals surface area contributed by atoms with Crippen molar-refractivity contribution < 1.29 is 14.7 Å². The number of amides is 1. The van der Waals surface area contributed by atoms with E-state index in [9.17, 15) is 9.59 Å². The van der Waals surface area contributed by atoms with Crippen molar-refractivity contribution in [3.05, 3.63) is 29.3 Å². The number of hydrogen-bond acceptors (Lipinski definition) is 3. The van der Waals surface area contributed by atoms with E-state index in [1.54, 1.807) is 6.92 Å². The number of aliphatic carboxylic acids is 1. The van der Waals surface area contributed by atoms with Crippen LogP contribution in [0.4, 0.5) is 0 Å². The number of thioether (sulfide) groups is 1. The summed E-state index contributed by atoms with van der Waals surface area (Å²) in [6.07, 6.45) is 0.514. The van der Waals surface area contributed by atoms with Gasteiger partial charge in [-0.15, -0.1) is 11.8 Å². The molecule has 0 radical (unpaired) electrons. The Balaban J connectivity index is 2.43. The van der Waals surface area contributed by atoms with E-state index in [-0.39, 0.29) is 12.5 Å². The normalized spacial score (nSPS) is 11.9. The Labute approximate surface area is 124 Å². The van der Waals surface area contributed by atoms with Crippen LogP contribution in [0.1, 0.15) is 24.5 Å². The Morgan fingerprint density at radius 1 is 1.35 bits per heavy atom. The Morgan fingerprint density at radius 3 is 2.65 bits per heavy atom. The van der Waals surface area contributed by atoms with E-state index in [0.29, 0.717) is 12.2 Å². The summed E-state index contributed by atoms with van der Waals surface area (Å²) in [4.78, 5) is 23.7. The van der Waals surface area contributed by atoms with E-state index in [1.165, 1.54) is 11.8 Å². The zero-order chi connectivity index (χ0) is 15.1. The van der Waals surface area contributed by atoms with Crippen molar-refractivity contribution in [2.75, 3.05) is 12.3 Å². The van der Waals surface area contributed by atoms with Crippen molar-refractivity contribution in [3.8, 4) is 0 Å².